The highest BCUT2D eigenvalue weighted by Crippen LogP contribution is 2.29. The van der Waals surface area contributed by atoms with Crippen molar-refractivity contribution in [2.75, 3.05) is 56.9 Å². The van der Waals surface area contributed by atoms with Crippen molar-refractivity contribution in [1.29, 1.82) is 0 Å². The van der Waals surface area contributed by atoms with Crippen molar-refractivity contribution < 1.29 is 19.1 Å². The number of benzene rings is 3. The number of carbonyl (C=O) groups is 2. The van der Waals surface area contributed by atoms with Gasteiger partial charge in [-0.1, -0.05) is 24.3 Å². The molecule has 0 fully saturated rings. The molecule has 0 bridgehead atoms. The minimum Gasteiger partial charge on any atom is -0.493 e. The number of methoxy groups -OCH3 is 1. The number of fused-ring (bicyclic) bond motifs is 1. The van der Waals surface area contributed by atoms with Crippen LogP contribution in [0.25, 0.3) is 16.7 Å². The number of hydrogen-bond acceptors (Lipinski definition) is 8. The fourth-order valence-electron chi connectivity index (χ4n) is 4.69. The second-order valence-corrected chi connectivity index (χ2v) is 10.7. The molecule has 11 nitrogen and oxygen atoms in total. The van der Waals surface area contributed by atoms with Crippen molar-refractivity contribution in [3.8, 4) is 11.6 Å². The molecule has 11 heteroatoms. The Hall–Kier alpha value is -5.52. The molecule has 0 aliphatic rings. The van der Waals surface area contributed by atoms with E-state index in [-0.39, 0.29) is 11.8 Å². The van der Waals surface area contributed by atoms with Crippen LogP contribution in [0.15, 0.2) is 103 Å². The number of hydrogen-bond donors (Lipinski definition) is 3. The monoisotopic (exact) mass is 619 g/mol. The van der Waals surface area contributed by atoms with E-state index in [1.165, 1.54) is 6.08 Å². The van der Waals surface area contributed by atoms with Crippen LogP contribution in [-0.4, -0.2) is 72.2 Å². The second kappa shape index (κ2) is 15.5. The third kappa shape index (κ3) is 8.56. The lowest BCUT2D eigenvalue weighted by Gasteiger charge is -2.11. The third-order valence-corrected chi connectivity index (χ3v) is 6.84. The largest absolute Gasteiger partial charge is 0.493 e. The van der Waals surface area contributed by atoms with E-state index in [1.54, 1.807) is 55.8 Å². The average molecular weight is 620 g/mol. The van der Waals surface area contributed by atoms with E-state index in [2.05, 4.69) is 20.9 Å². The summed E-state index contributed by atoms with van der Waals surface area (Å²) in [5.41, 5.74) is 3.18. The van der Waals surface area contributed by atoms with Crippen LogP contribution in [-0.2, 0) is 9.53 Å². The molecule has 236 valence electrons. The van der Waals surface area contributed by atoms with E-state index in [4.69, 9.17) is 14.5 Å². The summed E-state index contributed by atoms with van der Waals surface area (Å²) in [7, 11) is 5.53. The Kier molecular flexibility index (Phi) is 10.7. The number of ether oxygens (including phenoxy) is 2. The first-order chi connectivity index (χ1) is 22.4. The van der Waals surface area contributed by atoms with Gasteiger partial charge in [0, 0.05) is 73.2 Å². The maximum atomic E-state index is 13.1. The molecule has 3 aromatic carbocycles. The highest BCUT2D eigenvalue weighted by molar-refractivity contribution is 6.06. The fraction of sp³-hybridized carbons (Fsp3) is 0.200. The Morgan fingerprint density at radius 1 is 0.913 bits per heavy atom. The van der Waals surface area contributed by atoms with Crippen LogP contribution < -0.4 is 20.7 Å². The van der Waals surface area contributed by atoms with Gasteiger partial charge in [-0.2, -0.15) is 4.98 Å². The molecule has 0 unspecified atom stereocenters. The molecule has 0 radical (unpaired) electrons. The molecule has 0 atom stereocenters. The predicted molar refractivity (Wildman–Crippen MR) is 181 cm³/mol. The second-order valence-electron chi connectivity index (χ2n) is 10.7. The zero-order chi connectivity index (χ0) is 32.3. The van der Waals surface area contributed by atoms with Gasteiger partial charge < -0.3 is 34.9 Å². The van der Waals surface area contributed by atoms with Crippen molar-refractivity contribution in [3.63, 3.8) is 0 Å². The number of nitrogens with zero attached hydrogens (tertiary/aromatic N) is 4. The van der Waals surface area contributed by atoms with Crippen LogP contribution in [0.4, 0.5) is 23.0 Å². The number of rotatable bonds is 14. The highest BCUT2D eigenvalue weighted by atomic mass is 16.5. The lowest BCUT2D eigenvalue weighted by molar-refractivity contribution is -0.111. The zero-order valence-corrected chi connectivity index (χ0v) is 26.1. The Bertz CT molecular complexity index is 1830. The first-order valence-electron chi connectivity index (χ1n) is 14.9. The summed E-state index contributed by atoms with van der Waals surface area (Å²) in [6, 6.07) is 23.9. The average Bonchev–Trinajstić information content (AvgIpc) is 3.48. The van der Waals surface area contributed by atoms with Crippen LogP contribution in [0.2, 0.25) is 0 Å². The Balaban J connectivity index is 1.24. The van der Waals surface area contributed by atoms with E-state index in [1.807, 2.05) is 72.2 Å². The minimum absolute atomic E-state index is 0.262. The summed E-state index contributed by atoms with van der Waals surface area (Å²) in [6.07, 6.45) is 7.70. The van der Waals surface area contributed by atoms with Gasteiger partial charge in [-0.15, -0.1) is 0 Å². The Morgan fingerprint density at radius 2 is 1.70 bits per heavy atom. The highest BCUT2D eigenvalue weighted by Gasteiger charge is 2.12. The standard InChI is InChI=1S/C35H37N7O4/c1-41(2)19-7-15-33(43)37-26-10-4-9-25(23-26)34(44)38-27-11-5-12-28(24-27)39-35-36-18-16-32(40-35)42-20-17-29-30(42)13-6-14-31(29)46-22-8-21-45-3/h4-7,9-18,20,23-24H,8,19,21-22H2,1-3H3,(H,37,43)(H,38,44)(H,36,39,40). The molecular weight excluding hydrogens is 582 g/mol. The van der Waals surface area contributed by atoms with Gasteiger partial charge in [0.15, 0.2) is 0 Å². The van der Waals surface area contributed by atoms with Crippen LogP contribution in [0.1, 0.15) is 16.8 Å². The quantitative estimate of drug-likeness (QED) is 0.104. The number of aromatic nitrogens is 3. The summed E-state index contributed by atoms with van der Waals surface area (Å²) in [5.74, 6) is 1.33. The molecule has 0 saturated carbocycles. The molecule has 2 aromatic heterocycles. The van der Waals surface area contributed by atoms with E-state index < -0.39 is 0 Å². The minimum atomic E-state index is -0.309. The third-order valence-electron chi connectivity index (χ3n) is 6.84. The van der Waals surface area contributed by atoms with Crippen molar-refractivity contribution in [3.05, 3.63) is 109 Å². The summed E-state index contributed by atoms with van der Waals surface area (Å²) >= 11 is 0. The first kappa shape index (κ1) is 31.9. The lowest BCUT2D eigenvalue weighted by Crippen LogP contribution is -2.14. The molecule has 2 amide bonds. The summed E-state index contributed by atoms with van der Waals surface area (Å²) < 4.78 is 13.1. The first-order valence-corrected chi connectivity index (χ1v) is 14.9. The Labute approximate surface area is 267 Å². The van der Waals surface area contributed by atoms with Gasteiger partial charge in [-0.25, -0.2) is 4.98 Å². The molecule has 5 rings (SSSR count). The maximum Gasteiger partial charge on any atom is 0.255 e. The molecule has 3 N–H and O–H groups in total. The summed E-state index contributed by atoms with van der Waals surface area (Å²) in [5, 5.41) is 9.93. The van der Waals surface area contributed by atoms with Gasteiger partial charge >= 0.3 is 0 Å². The van der Waals surface area contributed by atoms with Crippen molar-refractivity contribution in [2.24, 2.45) is 0 Å². The van der Waals surface area contributed by atoms with Crippen LogP contribution >= 0.6 is 0 Å². The number of anilines is 4. The smallest absolute Gasteiger partial charge is 0.255 e. The topological polar surface area (TPSA) is 123 Å². The zero-order valence-electron chi connectivity index (χ0n) is 26.1. The molecule has 0 aliphatic carbocycles. The Morgan fingerprint density at radius 3 is 2.52 bits per heavy atom. The SMILES string of the molecule is COCCCOc1cccc2c1ccn2-c1ccnc(Nc2cccc(NC(=O)c3cccc(NC(=O)C=CCN(C)C)c3)c2)n1. The molecule has 2 heterocycles. The van der Waals surface area contributed by atoms with Crippen molar-refractivity contribution >= 4 is 45.7 Å². The molecule has 5 aromatic rings. The van der Waals surface area contributed by atoms with Crippen LogP contribution in [0.3, 0.4) is 0 Å². The fourth-order valence-corrected chi connectivity index (χ4v) is 4.69. The molecule has 0 aliphatic heterocycles. The van der Waals surface area contributed by atoms with E-state index in [0.717, 1.165) is 23.1 Å². The molecular formula is C35H37N7O4. The van der Waals surface area contributed by atoms with Gasteiger partial charge in [0.05, 0.1) is 12.1 Å². The van der Waals surface area contributed by atoms with Gasteiger partial charge in [0.1, 0.15) is 11.6 Å². The van der Waals surface area contributed by atoms with E-state index >= 15 is 0 Å². The number of carbonyl (C=O) groups excluding carboxylic acids is 2. The van der Waals surface area contributed by atoms with E-state index in [0.29, 0.717) is 54.2 Å². The normalized spacial score (nSPS) is 11.2. The molecule has 46 heavy (non-hydrogen) atoms. The van der Waals surface area contributed by atoms with E-state index in [9.17, 15) is 9.59 Å². The van der Waals surface area contributed by atoms with Gasteiger partial charge in [-0.05, 0) is 74.8 Å². The molecule has 0 saturated heterocycles. The number of likely N-dealkylation sites (N-methyl/N-ethyl adjacent to an activating group) is 1. The van der Waals surface area contributed by atoms with Gasteiger partial charge in [-0.3, -0.25) is 9.59 Å². The van der Waals surface area contributed by atoms with Gasteiger partial charge in [0.2, 0.25) is 11.9 Å². The number of amides is 2. The lowest BCUT2D eigenvalue weighted by atomic mass is 10.1. The molecule has 0 spiro atoms. The predicted octanol–water partition coefficient (Wildman–Crippen LogP) is 5.89. The summed E-state index contributed by atoms with van der Waals surface area (Å²) in [4.78, 5) is 36.4. The van der Waals surface area contributed by atoms with Crippen molar-refractivity contribution in [2.45, 2.75) is 6.42 Å². The van der Waals surface area contributed by atoms with Crippen LogP contribution in [0.5, 0.6) is 5.75 Å². The number of nitrogens with one attached hydrogen (secondary N) is 3. The van der Waals surface area contributed by atoms with Gasteiger partial charge in [0.25, 0.3) is 5.91 Å². The van der Waals surface area contributed by atoms with Crippen molar-refractivity contribution in [1.82, 2.24) is 19.4 Å². The summed E-state index contributed by atoms with van der Waals surface area (Å²) in [6.45, 7) is 1.87. The maximum absolute atomic E-state index is 13.1. The van der Waals surface area contributed by atoms with Crippen LogP contribution in [0, 0.1) is 0 Å².